The summed E-state index contributed by atoms with van der Waals surface area (Å²) < 4.78 is 0. The lowest BCUT2D eigenvalue weighted by Crippen LogP contribution is -2.25. The fourth-order valence-electron chi connectivity index (χ4n) is 1.54. The highest BCUT2D eigenvalue weighted by atomic mass is 16.2. The summed E-state index contributed by atoms with van der Waals surface area (Å²) in [4.78, 5) is 11.7. The molecular formula is C13H19NO2. The van der Waals surface area contributed by atoms with Crippen molar-refractivity contribution in [3.05, 3.63) is 35.4 Å². The van der Waals surface area contributed by atoms with Crippen LogP contribution in [-0.2, 0) is 0 Å². The van der Waals surface area contributed by atoms with Crippen LogP contribution in [0.25, 0.3) is 0 Å². The number of hydrogen-bond acceptors (Lipinski definition) is 2. The Morgan fingerprint density at radius 2 is 2.00 bits per heavy atom. The SMILES string of the molecule is Cc1ccccc1C(=O)NCCCCCO. The molecule has 0 spiro atoms. The third kappa shape index (κ3) is 4.03. The first-order valence-electron chi connectivity index (χ1n) is 5.70. The summed E-state index contributed by atoms with van der Waals surface area (Å²) in [5.74, 6) is -0.0119. The Hall–Kier alpha value is -1.35. The van der Waals surface area contributed by atoms with Crippen LogP contribution in [0.3, 0.4) is 0 Å². The van der Waals surface area contributed by atoms with Crippen molar-refractivity contribution in [2.75, 3.05) is 13.2 Å². The summed E-state index contributed by atoms with van der Waals surface area (Å²) in [6.45, 7) is 2.83. The molecule has 1 rings (SSSR count). The van der Waals surface area contributed by atoms with Gasteiger partial charge in [-0.3, -0.25) is 4.79 Å². The van der Waals surface area contributed by atoms with Crippen LogP contribution < -0.4 is 5.32 Å². The lowest BCUT2D eigenvalue weighted by Gasteiger charge is -2.06. The van der Waals surface area contributed by atoms with Crippen LogP contribution in [0.2, 0.25) is 0 Å². The minimum Gasteiger partial charge on any atom is -0.396 e. The molecule has 1 amide bonds. The zero-order chi connectivity index (χ0) is 11.8. The van der Waals surface area contributed by atoms with E-state index in [1.165, 1.54) is 0 Å². The second-order valence-electron chi connectivity index (χ2n) is 3.86. The zero-order valence-electron chi connectivity index (χ0n) is 9.70. The van der Waals surface area contributed by atoms with Crippen LogP contribution in [0, 0.1) is 6.92 Å². The van der Waals surface area contributed by atoms with E-state index in [1.54, 1.807) is 0 Å². The Morgan fingerprint density at radius 3 is 2.69 bits per heavy atom. The predicted molar refractivity (Wildman–Crippen MR) is 64.4 cm³/mol. The quantitative estimate of drug-likeness (QED) is 0.721. The summed E-state index contributed by atoms with van der Waals surface area (Å²) in [5, 5.41) is 11.5. The maximum atomic E-state index is 11.7. The van der Waals surface area contributed by atoms with Gasteiger partial charge in [-0.1, -0.05) is 18.2 Å². The minimum atomic E-state index is -0.0119. The topological polar surface area (TPSA) is 49.3 Å². The average Bonchev–Trinajstić information content (AvgIpc) is 2.29. The average molecular weight is 221 g/mol. The number of unbranched alkanes of at least 4 members (excludes halogenated alkanes) is 2. The van der Waals surface area contributed by atoms with Crippen LogP contribution in [0.4, 0.5) is 0 Å². The maximum absolute atomic E-state index is 11.7. The number of aryl methyl sites for hydroxylation is 1. The second-order valence-corrected chi connectivity index (χ2v) is 3.86. The Morgan fingerprint density at radius 1 is 1.25 bits per heavy atom. The van der Waals surface area contributed by atoms with E-state index in [2.05, 4.69) is 5.32 Å². The number of aliphatic hydroxyl groups is 1. The molecule has 1 aromatic rings. The van der Waals surface area contributed by atoms with Crippen LogP contribution >= 0.6 is 0 Å². The van der Waals surface area contributed by atoms with Crippen LogP contribution in [0.15, 0.2) is 24.3 Å². The molecule has 1 aromatic carbocycles. The normalized spacial score (nSPS) is 10.1. The van der Waals surface area contributed by atoms with Crippen molar-refractivity contribution < 1.29 is 9.90 Å². The summed E-state index contributed by atoms with van der Waals surface area (Å²) in [7, 11) is 0. The molecule has 16 heavy (non-hydrogen) atoms. The molecule has 0 saturated carbocycles. The van der Waals surface area contributed by atoms with Crippen molar-refractivity contribution in [3.8, 4) is 0 Å². The number of amides is 1. The fourth-order valence-corrected chi connectivity index (χ4v) is 1.54. The molecule has 2 N–H and O–H groups in total. The van der Waals surface area contributed by atoms with E-state index in [1.807, 2.05) is 31.2 Å². The molecule has 3 nitrogen and oxygen atoms in total. The Labute approximate surface area is 96.5 Å². The molecule has 0 fully saturated rings. The molecule has 0 radical (unpaired) electrons. The molecule has 0 aliphatic rings. The Bertz CT molecular complexity index is 336. The van der Waals surface area contributed by atoms with Gasteiger partial charge in [0.2, 0.25) is 0 Å². The van der Waals surface area contributed by atoms with Gasteiger partial charge in [-0.2, -0.15) is 0 Å². The summed E-state index contributed by atoms with van der Waals surface area (Å²) >= 11 is 0. The van der Waals surface area contributed by atoms with Gasteiger partial charge >= 0.3 is 0 Å². The van der Waals surface area contributed by atoms with Crippen LogP contribution in [0.5, 0.6) is 0 Å². The summed E-state index contributed by atoms with van der Waals surface area (Å²) in [6.07, 6.45) is 2.67. The van der Waals surface area contributed by atoms with E-state index in [9.17, 15) is 4.79 Å². The Balaban J connectivity index is 2.33. The first-order chi connectivity index (χ1) is 7.75. The highest BCUT2D eigenvalue weighted by Crippen LogP contribution is 2.06. The standard InChI is InChI=1S/C13H19NO2/c1-11-7-3-4-8-12(11)13(16)14-9-5-2-6-10-15/h3-4,7-8,15H,2,5-6,9-10H2,1H3,(H,14,16). The first-order valence-corrected chi connectivity index (χ1v) is 5.70. The number of carbonyl (C=O) groups excluding carboxylic acids is 1. The third-order valence-electron chi connectivity index (χ3n) is 2.51. The van der Waals surface area contributed by atoms with Gasteiger partial charge in [-0.15, -0.1) is 0 Å². The summed E-state index contributed by atoms with van der Waals surface area (Å²) in [6, 6.07) is 7.56. The zero-order valence-corrected chi connectivity index (χ0v) is 9.70. The molecule has 0 bridgehead atoms. The van der Waals surface area contributed by atoms with E-state index in [4.69, 9.17) is 5.11 Å². The predicted octanol–water partition coefficient (Wildman–Crippen LogP) is 1.89. The van der Waals surface area contributed by atoms with Crippen molar-refractivity contribution in [2.24, 2.45) is 0 Å². The molecule has 0 heterocycles. The van der Waals surface area contributed by atoms with Gasteiger partial charge in [-0.25, -0.2) is 0 Å². The highest BCUT2D eigenvalue weighted by Gasteiger charge is 2.06. The van der Waals surface area contributed by atoms with Gasteiger partial charge in [0.15, 0.2) is 0 Å². The number of hydrogen-bond donors (Lipinski definition) is 2. The monoisotopic (exact) mass is 221 g/mol. The van der Waals surface area contributed by atoms with Crippen molar-refractivity contribution in [1.82, 2.24) is 5.32 Å². The molecule has 0 aliphatic carbocycles. The third-order valence-corrected chi connectivity index (χ3v) is 2.51. The van der Waals surface area contributed by atoms with Crippen molar-refractivity contribution in [3.63, 3.8) is 0 Å². The molecule has 3 heteroatoms. The van der Waals surface area contributed by atoms with E-state index in [-0.39, 0.29) is 12.5 Å². The largest absolute Gasteiger partial charge is 0.396 e. The summed E-state index contributed by atoms with van der Waals surface area (Å²) in [5.41, 5.74) is 1.74. The Kier molecular flexibility index (Phi) is 5.57. The molecule has 0 saturated heterocycles. The molecule has 0 unspecified atom stereocenters. The van der Waals surface area contributed by atoms with Gasteiger partial charge in [0.05, 0.1) is 0 Å². The number of carbonyl (C=O) groups is 1. The fraction of sp³-hybridized carbons (Fsp3) is 0.462. The van der Waals surface area contributed by atoms with E-state index >= 15 is 0 Å². The first kappa shape index (κ1) is 12.7. The van der Waals surface area contributed by atoms with Gasteiger partial charge in [0.25, 0.3) is 5.91 Å². The number of nitrogens with one attached hydrogen (secondary N) is 1. The van der Waals surface area contributed by atoms with E-state index < -0.39 is 0 Å². The number of rotatable bonds is 6. The highest BCUT2D eigenvalue weighted by molar-refractivity contribution is 5.95. The molecular weight excluding hydrogens is 202 g/mol. The molecule has 88 valence electrons. The smallest absolute Gasteiger partial charge is 0.251 e. The second kappa shape index (κ2) is 7.01. The van der Waals surface area contributed by atoms with E-state index in [0.29, 0.717) is 6.54 Å². The maximum Gasteiger partial charge on any atom is 0.251 e. The molecule has 0 aromatic heterocycles. The van der Waals surface area contributed by atoms with Gasteiger partial charge < -0.3 is 10.4 Å². The number of benzene rings is 1. The van der Waals surface area contributed by atoms with Gasteiger partial charge in [-0.05, 0) is 37.8 Å². The van der Waals surface area contributed by atoms with Crippen LogP contribution in [0.1, 0.15) is 35.2 Å². The van der Waals surface area contributed by atoms with Crippen molar-refractivity contribution in [1.29, 1.82) is 0 Å². The van der Waals surface area contributed by atoms with Crippen molar-refractivity contribution >= 4 is 5.91 Å². The van der Waals surface area contributed by atoms with Crippen LogP contribution in [-0.4, -0.2) is 24.2 Å². The van der Waals surface area contributed by atoms with Crippen molar-refractivity contribution in [2.45, 2.75) is 26.2 Å². The minimum absolute atomic E-state index is 0.0119. The van der Waals surface area contributed by atoms with Gasteiger partial charge in [0, 0.05) is 18.7 Å². The molecule has 0 aliphatic heterocycles. The lowest BCUT2D eigenvalue weighted by molar-refractivity contribution is 0.0952. The molecule has 0 atom stereocenters. The van der Waals surface area contributed by atoms with Gasteiger partial charge in [0.1, 0.15) is 0 Å². The lowest BCUT2D eigenvalue weighted by atomic mass is 10.1. The number of aliphatic hydroxyl groups excluding tert-OH is 1. The van der Waals surface area contributed by atoms with E-state index in [0.717, 1.165) is 30.4 Å².